The zero-order valence-corrected chi connectivity index (χ0v) is 11.4. The van der Waals surface area contributed by atoms with Crippen LogP contribution in [-0.2, 0) is 0 Å². The van der Waals surface area contributed by atoms with Gasteiger partial charge in [-0.3, -0.25) is 10.1 Å². The molecule has 0 aromatic heterocycles. The Morgan fingerprint density at radius 1 is 1.33 bits per heavy atom. The van der Waals surface area contributed by atoms with Crippen LogP contribution in [0.1, 0.15) is 5.56 Å². The van der Waals surface area contributed by atoms with E-state index in [0.717, 1.165) is 18.2 Å². The van der Waals surface area contributed by atoms with Gasteiger partial charge in [0.1, 0.15) is 10.8 Å². The van der Waals surface area contributed by atoms with Gasteiger partial charge in [0.25, 0.3) is 5.69 Å². The highest BCUT2D eigenvalue weighted by atomic mass is 32.1. The minimum absolute atomic E-state index is 0.0123. The van der Waals surface area contributed by atoms with Gasteiger partial charge in [0.15, 0.2) is 5.69 Å². The Morgan fingerprint density at radius 2 is 2.10 bits per heavy atom. The second-order valence-corrected chi connectivity index (χ2v) is 4.45. The van der Waals surface area contributed by atoms with E-state index in [1.165, 1.54) is 0 Å². The molecule has 0 unspecified atom stereocenters. The summed E-state index contributed by atoms with van der Waals surface area (Å²) >= 11 is 5.06. The van der Waals surface area contributed by atoms with Gasteiger partial charge in [-0.15, -0.1) is 0 Å². The van der Waals surface area contributed by atoms with Crippen LogP contribution >= 0.6 is 12.2 Å². The number of hydrogen-bond acceptors (Lipinski definition) is 3. The van der Waals surface area contributed by atoms with E-state index in [9.17, 15) is 14.5 Å². The second kappa shape index (κ2) is 6.07. The van der Waals surface area contributed by atoms with Crippen molar-refractivity contribution in [1.82, 2.24) is 0 Å². The SMILES string of the molecule is [C-]#[N+]c1cccc(NC(=S)c2cc([N+](=O)[O-])ccc2F)c1. The quantitative estimate of drug-likeness (QED) is 0.402. The molecule has 7 heteroatoms. The molecule has 104 valence electrons. The fourth-order valence-corrected chi connectivity index (χ4v) is 1.93. The Balaban J connectivity index is 2.30. The van der Waals surface area contributed by atoms with E-state index in [1.54, 1.807) is 24.3 Å². The van der Waals surface area contributed by atoms with Crippen molar-refractivity contribution in [2.45, 2.75) is 0 Å². The number of non-ortho nitro benzene ring substituents is 1. The zero-order valence-electron chi connectivity index (χ0n) is 10.5. The summed E-state index contributed by atoms with van der Waals surface area (Å²) in [6, 6.07) is 9.63. The summed E-state index contributed by atoms with van der Waals surface area (Å²) < 4.78 is 13.7. The summed E-state index contributed by atoms with van der Waals surface area (Å²) in [4.78, 5) is 13.4. The number of nitro benzene ring substituents is 1. The summed E-state index contributed by atoms with van der Waals surface area (Å²) in [5, 5.41) is 13.5. The van der Waals surface area contributed by atoms with E-state index in [1.807, 2.05) is 0 Å². The van der Waals surface area contributed by atoms with Crippen LogP contribution in [0, 0.1) is 22.5 Å². The van der Waals surface area contributed by atoms with E-state index in [2.05, 4.69) is 10.2 Å². The van der Waals surface area contributed by atoms with E-state index < -0.39 is 10.7 Å². The van der Waals surface area contributed by atoms with Gasteiger partial charge >= 0.3 is 0 Å². The smallest absolute Gasteiger partial charge is 0.270 e. The third kappa shape index (κ3) is 3.38. The third-order valence-electron chi connectivity index (χ3n) is 2.64. The van der Waals surface area contributed by atoms with Crippen molar-refractivity contribution in [3.8, 4) is 0 Å². The summed E-state index contributed by atoms with van der Waals surface area (Å²) in [7, 11) is 0. The maximum absolute atomic E-state index is 13.7. The number of rotatable bonds is 3. The molecule has 0 saturated carbocycles. The molecule has 0 atom stereocenters. The molecular formula is C14H8FN3O2S. The number of halogens is 1. The van der Waals surface area contributed by atoms with Crippen molar-refractivity contribution in [2.75, 3.05) is 5.32 Å². The van der Waals surface area contributed by atoms with Crippen LogP contribution in [0.25, 0.3) is 4.85 Å². The Labute approximate surface area is 125 Å². The summed E-state index contributed by atoms with van der Waals surface area (Å²) in [6.07, 6.45) is 0. The minimum Gasteiger partial charge on any atom is -0.347 e. The van der Waals surface area contributed by atoms with Gasteiger partial charge in [0.05, 0.1) is 17.1 Å². The summed E-state index contributed by atoms with van der Waals surface area (Å²) in [5.74, 6) is -0.653. The molecule has 0 aliphatic rings. The second-order valence-electron chi connectivity index (χ2n) is 4.04. The van der Waals surface area contributed by atoms with Crippen LogP contribution in [0.15, 0.2) is 42.5 Å². The summed E-state index contributed by atoms with van der Waals surface area (Å²) in [6.45, 7) is 6.93. The van der Waals surface area contributed by atoms with Crippen LogP contribution < -0.4 is 5.32 Å². The van der Waals surface area contributed by atoms with Crippen LogP contribution in [-0.4, -0.2) is 9.91 Å². The molecule has 1 N–H and O–H groups in total. The largest absolute Gasteiger partial charge is 0.347 e. The number of thiocarbonyl (C=S) groups is 1. The van der Waals surface area contributed by atoms with Crippen molar-refractivity contribution in [3.05, 3.63) is 75.4 Å². The first-order chi connectivity index (χ1) is 10.0. The fraction of sp³-hybridized carbons (Fsp3) is 0. The molecule has 0 spiro atoms. The lowest BCUT2D eigenvalue weighted by molar-refractivity contribution is -0.384. The number of hydrogen-bond donors (Lipinski definition) is 1. The first-order valence-corrected chi connectivity index (χ1v) is 6.15. The molecule has 21 heavy (non-hydrogen) atoms. The Kier molecular flexibility index (Phi) is 4.21. The zero-order chi connectivity index (χ0) is 15.4. The molecule has 0 saturated heterocycles. The van der Waals surface area contributed by atoms with Crippen molar-refractivity contribution in [3.63, 3.8) is 0 Å². The van der Waals surface area contributed by atoms with E-state index >= 15 is 0 Å². The predicted octanol–water partition coefficient (Wildman–Crippen LogP) is 4.07. The molecular weight excluding hydrogens is 293 g/mol. The van der Waals surface area contributed by atoms with Crippen molar-refractivity contribution in [1.29, 1.82) is 0 Å². The maximum atomic E-state index is 13.7. The Morgan fingerprint density at radius 3 is 2.76 bits per heavy atom. The van der Waals surface area contributed by atoms with Crippen LogP contribution in [0.2, 0.25) is 0 Å². The fourth-order valence-electron chi connectivity index (χ4n) is 1.65. The average Bonchev–Trinajstić information content (AvgIpc) is 2.47. The highest BCUT2D eigenvalue weighted by molar-refractivity contribution is 7.81. The monoisotopic (exact) mass is 301 g/mol. The van der Waals surface area contributed by atoms with Crippen molar-refractivity contribution < 1.29 is 9.31 Å². The van der Waals surface area contributed by atoms with Crippen LogP contribution in [0.5, 0.6) is 0 Å². The first-order valence-electron chi connectivity index (χ1n) is 5.74. The highest BCUT2D eigenvalue weighted by Crippen LogP contribution is 2.21. The molecule has 0 aliphatic carbocycles. The number of nitro groups is 1. The lowest BCUT2D eigenvalue weighted by Gasteiger charge is -2.09. The molecule has 5 nitrogen and oxygen atoms in total. The van der Waals surface area contributed by atoms with Crippen LogP contribution in [0.3, 0.4) is 0 Å². The molecule has 2 aromatic rings. The molecule has 0 amide bonds. The van der Waals surface area contributed by atoms with Gasteiger partial charge in [-0.1, -0.05) is 24.4 Å². The van der Waals surface area contributed by atoms with Crippen molar-refractivity contribution >= 4 is 34.3 Å². The molecule has 2 aromatic carbocycles. The van der Waals surface area contributed by atoms with Gasteiger partial charge in [-0.05, 0) is 18.2 Å². The number of nitrogens with zero attached hydrogens (tertiary/aromatic N) is 2. The molecule has 0 heterocycles. The van der Waals surface area contributed by atoms with E-state index in [-0.39, 0.29) is 16.2 Å². The lowest BCUT2D eigenvalue weighted by atomic mass is 10.1. The van der Waals surface area contributed by atoms with E-state index in [0.29, 0.717) is 11.4 Å². The third-order valence-corrected chi connectivity index (χ3v) is 2.96. The molecule has 2 rings (SSSR count). The average molecular weight is 301 g/mol. The van der Waals surface area contributed by atoms with Crippen LogP contribution in [0.4, 0.5) is 21.5 Å². The normalized spacial score (nSPS) is 9.71. The molecule has 0 aliphatic heterocycles. The van der Waals surface area contributed by atoms with Gasteiger partial charge in [-0.25, -0.2) is 9.24 Å². The molecule has 0 bridgehead atoms. The molecule has 0 radical (unpaired) electrons. The Bertz CT molecular complexity index is 771. The highest BCUT2D eigenvalue weighted by Gasteiger charge is 2.14. The summed E-state index contributed by atoms with van der Waals surface area (Å²) in [5.41, 5.74) is 0.611. The van der Waals surface area contributed by atoms with Gasteiger partial charge in [0, 0.05) is 17.8 Å². The van der Waals surface area contributed by atoms with E-state index in [4.69, 9.17) is 18.8 Å². The Hall–Kier alpha value is -2.85. The molecule has 0 fully saturated rings. The number of benzene rings is 2. The van der Waals surface area contributed by atoms with Crippen molar-refractivity contribution in [2.24, 2.45) is 0 Å². The first kappa shape index (κ1) is 14.6. The van der Waals surface area contributed by atoms with Gasteiger partial charge in [-0.2, -0.15) is 0 Å². The van der Waals surface area contributed by atoms with Gasteiger partial charge in [0.2, 0.25) is 0 Å². The predicted molar refractivity (Wildman–Crippen MR) is 81.1 cm³/mol. The number of anilines is 1. The number of nitrogens with one attached hydrogen (secondary N) is 1. The van der Waals surface area contributed by atoms with Gasteiger partial charge < -0.3 is 5.32 Å². The standard InChI is InChI=1S/C14H8FN3O2S/c1-16-9-3-2-4-10(7-9)17-14(21)12-8-11(18(19)20)5-6-13(12)15/h2-8H,(H,17,21). The topological polar surface area (TPSA) is 59.5 Å². The minimum atomic E-state index is -0.653. The maximum Gasteiger partial charge on any atom is 0.270 e. The lowest BCUT2D eigenvalue weighted by Crippen LogP contribution is -2.12.